The number of thiophene rings is 1. The van der Waals surface area contributed by atoms with E-state index < -0.39 is 0 Å². The number of amides is 1. The lowest BCUT2D eigenvalue weighted by molar-refractivity contribution is -0.164. The minimum atomic E-state index is 0.00962. The monoisotopic (exact) mass is 349 g/mol. The Morgan fingerprint density at radius 2 is 2.33 bits per heavy atom. The number of nitrogens with zero attached hydrogens (tertiary/aromatic N) is 1. The third-order valence-corrected chi connectivity index (χ3v) is 6.45. The van der Waals surface area contributed by atoms with Gasteiger partial charge >= 0.3 is 0 Å². The number of carbonyl (C=O) groups excluding carboxylic acids is 1. The highest BCUT2D eigenvalue weighted by Gasteiger charge is 2.47. The SMILES string of the molecule is O=C(Cc1ccsc1)N1CC[C@H]2OCCC[C@@]2(COCC2CC2)C1. The molecule has 0 radical (unpaired) electrons. The van der Waals surface area contributed by atoms with E-state index in [2.05, 4.69) is 10.3 Å². The molecule has 1 aromatic rings. The summed E-state index contributed by atoms with van der Waals surface area (Å²) in [5.74, 6) is 1.03. The van der Waals surface area contributed by atoms with Crippen molar-refractivity contribution in [3.8, 4) is 0 Å². The molecule has 0 spiro atoms. The molecule has 3 fully saturated rings. The first-order chi connectivity index (χ1) is 11.8. The number of likely N-dealkylation sites (tertiary alicyclic amines) is 1. The first-order valence-electron chi connectivity index (χ1n) is 9.23. The average Bonchev–Trinajstić information content (AvgIpc) is 3.28. The van der Waals surface area contributed by atoms with Gasteiger partial charge in [-0.05, 0) is 60.4 Å². The van der Waals surface area contributed by atoms with Crippen molar-refractivity contribution in [1.82, 2.24) is 4.90 Å². The minimum Gasteiger partial charge on any atom is -0.380 e. The summed E-state index contributed by atoms with van der Waals surface area (Å²) in [6.45, 7) is 4.11. The van der Waals surface area contributed by atoms with Crippen molar-refractivity contribution in [2.45, 2.75) is 44.6 Å². The first kappa shape index (κ1) is 16.6. The quantitative estimate of drug-likeness (QED) is 0.792. The Morgan fingerprint density at radius 1 is 1.42 bits per heavy atom. The van der Waals surface area contributed by atoms with E-state index >= 15 is 0 Å². The van der Waals surface area contributed by atoms with E-state index in [0.29, 0.717) is 6.42 Å². The molecule has 132 valence electrons. The number of hydrogen-bond donors (Lipinski definition) is 0. The summed E-state index contributed by atoms with van der Waals surface area (Å²) in [5, 5.41) is 4.11. The van der Waals surface area contributed by atoms with Gasteiger partial charge in [-0.25, -0.2) is 0 Å². The van der Waals surface area contributed by atoms with Crippen LogP contribution in [0.5, 0.6) is 0 Å². The van der Waals surface area contributed by atoms with Crippen LogP contribution >= 0.6 is 11.3 Å². The van der Waals surface area contributed by atoms with Crippen LogP contribution in [0.1, 0.15) is 37.7 Å². The Hall–Kier alpha value is -0.910. The number of piperidine rings is 1. The lowest BCUT2D eigenvalue weighted by Gasteiger charge is -2.50. The maximum absolute atomic E-state index is 12.7. The second-order valence-corrected chi connectivity index (χ2v) is 8.48. The fourth-order valence-corrected chi connectivity index (χ4v) is 4.78. The molecule has 2 aliphatic heterocycles. The Bertz CT molecular complexity index is 557. The molecule has 24 heavy (non-hydrogen) atoms. The van der Waals surface area contributed by atoms with Crippen LogP contribution in [0.2, 0.25) is 0 Å². The van der Waals surface area contributed by atoms with Crippen LogP contribution < -0.4 is 0 Å². The van der Waals surface area contributed by atoms with E-state index in [9.17, 15) is 4.79 Å². The summed E-state index contributed by atoms with van der Waals surface area (Å²) < 4.78 is 12.2. The second kappa shape index (κ2) is 7.14. The van der Waals surface area contributed by atoms with E-state index in [1.165, 1.54) is 12.8 Å². The number of ether oxygens (including phenoxy) is 2. The topological polar surface area (TPSA) is 38.8 Å². The minimum absolute atomic E-state index is 0.00962. The summed E-state index contributed by atoms with van der Waals surface area (Å²) >= 11 is 1.65. The van der Waals surface area contributed by atoms with Crippen molar-refractivity contribution < 1.29 is 14.3 Å². The summed E-state index contributed by atoms with van der Waals surface area (Å²) in [6, 6.07) is 2.05. The molecule has 2 atom stereocenters. The Kier molecular flexibility index (Phi) is 4.93. The Balaban J connectivity index is 1.40. The Labute approximate surface area is 148 Å². The number of carbonyl (C=O) groups is 1. The van der Waals surface area contributed by atoms with E-state index in [-0.39, 0.29) is 17.4 Å². The predicted octanol–water partition coefficient (Wildman–Crippen LogP) is 3.11. The molecule has 3 aliphatic rings. The zero-order chi connectivity index (χ0) is 16.4. The van der Waals surface area contributed by atoms with Crippen LogP contribution in [0.3, 0.4) is 0 Å². The van der Waals surface area contributed by atoms with Gasteiger partial charge in [-0.1, -0.05) is 0 Å². The lowest BCUT2D eigenvalue weighted by atomic mass is 9.73. The van der Waals surface area contributed by atoms with E-state index in [1.807, 2.05) is 11.4 Å². The van der Waals surface area contributed by atoms with Crippen LogP contribution in [-0.2, 0) is 20.7 Å². The van der Waals surface area contributed by atoms with Crippen LogP contribution in [-0.4, -0.2) is 49.8 Å². The van der Waals surface area contributed by atoms with Gasteiger partial charge in [-0.15, -0.1) is 0 Å². The lowest BCUT2D eigenvalue weighted by Crippen LogP contribution is -2.58. The normalized spacial score (nSPS) is 30.2. The largest absolute Gasteiger partial charge is 0.380 e. The summed E-state index contributed by atoms with van der Waals surface area (Å²) in [6.07, 6.45) is 6.56. The summed E-state index contributed by atoms with van der Waals surface area (Å²) in [7, 11) is 0. The fraction of sp³-hybridized carbons (Fsp3) is 0.737. The van der Waals surface area contributed by atoms with Gasteiger partial charge in [0.25, 0.3) is 0 Å². The highest BCUT2D eigenvalue weighted by molar-refractivity contribution is 7.07. The molecule has 1 aliphatic carbocycles. The van der Waals surface area contributed by atoms with Gasteiger partial charge < -0.3 is 14.4 Å². The Morgan fingerprint density at radius 3 is 3.12 bits per heavy atom. The number of rotatable bonds is 6. The number of hydrogen-bond acceptors (Lipinski definition) is 4. The zero-order valence-corrected chi connectivity index (χ0v) is 15.1. The summed E-state index contributed by atoms with van der Waals surface area (Å²) in [5.41, 5.74) is 1.14. The van der Waals surface area contributed by atoms with Crippen molar-refractivity contribution in [2.75, 3.05) is 32.9 Å². The van der Waals surface area contributed by atoms with Crippen LogP contribution in [0.25, 0.3) is 0 Å². The molecule has 1 amide bonds. The second-order valence-electron chi connectivity index (χ2n) is 7.70. The van der Waals surface area contributed by atoms with Crippen molar-refractivity contribution in [2.24, 2.45) is 11.3 Å². The molecule has 0 aromatic carbocycles. The first-order valence-corrected chi connectivity index (χ1v) is 10.2. The number of fused-ring (bicyclic) bond motifs is 1. The van der Waals surface area contributed by atoms with Crippen molar-refractivity contribution in [1.29, 1.82) is 0 Å². The van der Waals surface area contributed by atoms with E-state index in [1.54, 1.807) is 11.3 Å². The standard InChI is InChI=1S/C19H27NO3S/c21-18(10-16-5-9-24-12-16)20-7-4-17-19(13-20,6-1-8-23-17)14-22-11-15-2-3-15/h5,9,12,15,17H,1-4,6-8,10-11,13-14H2/t17-,19+/m1/s1. The van der Waals surface area contributed by atoms with Gasteiger partial charge in [-0.3, -0.25) is 4.79 Å². The van der Waals surface area contributed by atoms with Crippen LogP contribution in [0.4, 0.5) is 0 Å². The van der Waals surface area contributed by atoms with Gasteiger partial charge in [0, 0.05) is 31.7 Å². The van der Waals surface area contributed by atoms with Gasteiger partial charge in [0.1, 0.15) is 0 Å². The predicted molar refractivity (Wildman–Crippen MR) is 94.2 cm³/mol. The van der Waals surface area contributed by atoms with Gasteiger partial charge in [-0.2, -0.15) is 11.3 Å². The maximum atomic E-state index is 12.7. The molecular weight excluding hydrogens is 322 g/mol. The van der Waals surface area contributed by atoms with Crippen molar-refractivity contribution >= 4 is 17.2 Å². The van der Waals surface area contributed by atoms with Gasteiger partial charge in [0.05, 0.1) is 19.1 Å². The zero-order valence-electron chi connectivity index (χ0n) is 14.2. The maximum Gasteiger partial charge on any atom is 0.227 e. The molecule has 0 unspecified atom stereocenters. The molecule has 1 saturated carbocycles. The highest BCUT2D eigenvalue weighted by atomic mass is 32.1. The molecule has 0 N–H and O–H groups in total. The molecule has 4 rings (SSSR count). The third kappa shape index (κ3) is 3.68. The van der Waals surface area contributed by atoms with E-state index in [4.69, 9.17) is 9.47 Å². The highest BCUT2D eigenvalue weighted by Crippen LogP contribution is 2.41. The van der Waals surface area contributed by atoms with E-state index in [0.717, 1.165) is 63.7 Å². The molecule has 5 heteroatoms. The van der Waals surface area contributed by atoms with Crippen molar-refractivity contribution in [3.05, 3.63) is 22.4 Å². The summed E-state index contributed by atoms with van der Waals surface area (Å²) in [4.78, 5) is 14.8. The molecule has 3 heterocycles. The molecule has 2 saturated heterocycles. The average molecular weight is 349 g/mol. The van der Waals surface area contributed by atoms with Crippen LogP contribution in [0.15, 0.2) is 16.8 Å². The molecule has 0 bridgehead atoms. The molecule has 1 aromatic heterocycles. The fourth-order valence-electron chi connectivity index (χ4n) is 4.11. The van der Waals surface area contributed by atoms with Gasteiger partial charge in [0.2, 0.25) is 5.91 Å². The van der Waals surface area contributed by atoms with Crippen molar-refractivity contribution in [3.63, 3.8) is 0 Å². The third-order valence-electron chi connectivity index (χ3n) is 5.72. The smallest absolute Gasteiger partial charge is 0.227 e. The van der Waals surface area contributed by atoms with Crippen LogP contribution in [0, 0.1) is 11.3 Å². The molecule has 4 nitrogen and oxygen atoms in total. The van der Waals surface area contributed by atoms with Gasteiger partial charge in [0.15, 0.2) is 0 Å². The molecular formula is C19H27NO3S.